The lowest BCUT2D eigenvalue weighted by Crippen LogP contribution is -2.04. The van der Waals surface area contributed by atoms with Gasteiger partial charge in [0.2, 0.25) is 0 Å². The van der Waals surface area contributed by atoms with Gasteiger partial charge in [-0.1, -0.05) is 110 Å². The molecule has 1 aliphatic heterocycles. The highest BCUT2D eigenvalue weighted by molar-refractivity contribution is 5.95. The lowest BCUT2D eigenvalue weighted by molar-refractivity contribution is 0.474. The second-order valence-corrected chi connectivity index (χ2v) is 9.82. The Bertz CT molecular complexity index is 1840. The zero-order chi connectivity index (χ0) is 27.1. The Balaban J connectivity index is 1.39. The number of ether oxygens (including phenoxy) is 1. The lowest BCUT2D eigenvalue weighted by Gasteiger charge is -2.25. The van der Waals surface area contributed by atoms with Gasteiger partial charge in [-0.3, -0.25) is 0 Å². The number of fused-ring (bicyclic) bond motifs is 2. The number of aryl methyl sites for hydroxylation is 1. The van der Waals surface area contributed by atoms with Crippen LogP contribution in [0.3, 0.4) is 0 Å². The normalized spacial score (nSPS) is 11.9. The van der Waals surface area contributed by atoms with E-state index >= 15 is 0 Å². The number of benzene rings is 5. The van der Waals surface area contributed by atoms with Gasteiger partial charge in [0, 0.05) is 27.8 Å². The molecule has 0 spiro atoms. The highest BCUT2D eigenvalue weighted by atomic mass is 16.5. The number of para-hydroxylation sites is 1. The van der Waals surface area contributed by atoms with Crippen LogP contribution < -0.4 is 4.74 Å². The fourth-order valence-corrected chi connectivity index (χ4v) is 5.20. The van der Waals surface area contributed by atoms with Gasteiger partial charge in [-0.25, -0.2) is 15.0 Å². The van der Waals surface area contributed by atoms with E-state index in [1.807, 2.05) is 91.0 Å². The molecule has 4 nitrogen and oxygen atoms in total. The summed E-state index contributed by atoms with van der Waals surface area (Å²) in [7, 11) is 0. The molecular weight excluding hydrogens is 490 g/mol. The molecule has 0 fully saturated rings. The molecule has 190 valence electrons. The highest BCUT2D eigenvalue weighted by Gasteiger charge is 2.24. The van der Waals surface area contributed by atoms with Crippen molar-refractivity contribution in [1.29, 1.82) is 0 Å². The molecule has 4 heteroatoms. The van der Waals surface area contributed by atoms with Crippen molar-refractivity contribution in [2.75, 3.05) is 0 Å². The van der Waals surface area contributed by atoms with Crippen molar-refractivity contribution in [2.45, 2.75) is 6.92 Å². The minimum Gasteiger partial charge on any atom is -0.456 e. The third-order valence-electron chi connectivity index (χ3n) is 7.25. The van der Waals surface area contributed by atoms with E-state index in [0.717, 1.165) is 61.6 Å². The van der Waals surface area contributed by atoms with E-state index in [0.29, 0.717) is 17.5 Å². The standard InChI is InChI=1S/C36H25N3O/c1-23-20-21-27(22-30(23)29-17-11-19-32-33(29)24(2)28-16-9-10-18-31(28)40-32)36-38-34(25-12-5-3-6-13-25)37-35(39-36)26-14-7-4-8-15-26/h3-22H,2H2,1H3. The Hall–Kier alpha value is -5.35. The summed E-state index contributed by atoms with van der Waals surface area (Å²) in [5.74, 6) is 3.54. The van der Waals surface area contributed by atoms with Crippen molar-refractivity contribution < 1.29 is 4.74 Å². The molecule has 6 aromatic rings. The fraction of sp³-hybridized carbons (Fsp3) is 0.0278. The van der Waals surface area contributed by atoms with Crippen LogP contribution in [0.2, 0.25) is 0 Å². The molecule has 0 atom stereocenters. The second kappa shape index (κ2) is 9.75. The zero-order valence-corrected chi connectivity index (χ0v) is 22.0. The molecule has 0 aliphatic carbocycles. The van der Waals surface area contributed by atoms with Crippen molar-refractivity contribution in [3.05, 3.63) is 145 Å². The van der Waals surface area contributed by atoms with Crippen molar-refractivity contribution >= 4 is 5.57 Å². The summed E-state index contributed by atoms with van der Waals surface area (Å²) in [6.45, 7) is 6.59. The molecule has 1 aromatic heterocycles. The molecule has 0 bridgehead atoms. The summed E-state index contributed by atoms with van der Waals surface area (Å²) in [6, 6.07) is 40.6. The van der Waals surface area contributed by atoms with Crippen molar-refractivity contribution in [1.82, 2.24) is 15.0 Å². The highest BCUT2D eigenvalue weighted by Crippen LogP contribution is 2.47. The van der Waals surface area contributed by atoms with Crippen LogP contribution in [0, 0.1) is 6.92 Å². The van der Waals surface area contributed by atoms with Crippen molar-refractivity contribution in [3.63, 3.8) is 0 Å². The van der Waals surface area contributed by atoms with Gasteiger partial charge in [-0.2, -0.15) is 0 Å². The summed E-state index contributed by atoms with van der Waals surface area (Å²) in [6.07, 6.45) is 0. The molecule has 2 heterocycles. The number of aromatic nitrogens is 3. The SMILES string of the molecule is C=C1c2ccccc2Oc2cccc(-c3cc(-c4nc(-c5ccccc5)nc(-c5ccccc5)n4)ccc3C)c21. The predicted molar refractivity (Wildman–Crippen MR) is 161 cm³/mol. The Morgan fingerprint density at radius 3 is 1.73 bits per heavy atom. The molecule has 0 N–H and O–H groups in total. The maximum atomic E-state index is 6.30. The molecule has 0 unspecified atom stereocenters. The minimum absolute atomic E-state index is 0.624. The first-order valence-electron chi connectivity index (χ1n) is 13.2. The minimum atomic E-state index is 0.624. The summed E-state index contributed by atoms with van der Waals surface area (Å²) < 4.78 is 6.30. The largest absolute Gasteiger partial charge is 0.456 e. The fourth-order valence-electron chi connectivity index (χ4n) is 5.20. The Labute approximate surface area is 233 Å². The van der Waals surface area contributed by atoms with Gasteiger partial charge in [0.15, 0.2) is 17.5 Å². The maximum absolute atomic E-state index is 6.30. The predicted octanol–water partition coefficient (Wildman–Crippen LogP) is 9.02. The number of rotatable bonds is 4. The number of nitrogens with zero attached hydrogens (tertiary/aromatic N) is 3. The monoisotopic (exact) mass is 515 g/mol. The van der Waals surface area contributed by atoms with Gasteiger partial charge in [0.1, 0.15) is 11.5 Å². The Morgan fingerprint density at radius 1 is 0.500 bits per heavy atom. The lowest BCUT2D eigenvalue weighted by atomic mass is 9.87. The van der Waals surface area contributed by atoms with Crippen LogP contribution in [-0.4, -0.2) is 15.0 Å². The van der Waals surface area contributed by atoms with E-state index in [4.69, 9.17) is 19.7 Å². The Kier molecular flexibility index (Phi) is 5.79. The van der Waals surface area contributed by atoms with Crippen LogP contribution in [-0.2, 0) is 0 Å². The first-order chi connectivity index (χ1) is 19.7. The molecular formula is C36H25N3O. The van der Waals surface area contributed by atoms with Crippen LogP contribution in [0.15, 0.2) is 128 Å². The first-order valence-corrected chi connectivity index (χ1v) is 13.2. The third-order valence-corrected chi connectivity index (χ3v) is 7.25. The topological polar surface area (TPSA) is 47.9 Å². The first kappa shape index (κ1) is 23.7. The smallest absolute Gasteiger partial charge is 0.164 e. The molecule has 0 saturated carbocycles. The van der Waals surface area contributed by atoms with Crippen molar-refractivity contribution in [3.8, 4) is 56.8 Å². The van der Waals surface area contributed by atoms with Gasteiger partial charge in [-0.15, -0.1) is 0 Å². The van der Waals surface area contributed by atoms with E-state index in [-0.39, 0.29) is 0 Å². The van der Waals surface area contributed by atoms with E-state index < -0.39 is 0 Å². The zero-order valence-electron chi connectivity index (χ0n) is 22.0. The molecule has 0 radical (unpaired) electrons. The molecule has 0 saturated heterocycles. The molecule has 40 heavy (non-hydrogen) atoms. The van der Waals surface area contributed by atoms with Gasteiger partial charge >= 0.3 is 0 Å². The Morgan fingerprint density at radius 2 is 1.05 bits per heavy atom. The molecule has 5 aromatic carbocycles. The summed E-state index contributed by atoms with van der Waals surface area (Å²) in [5.41, 5.74) is 9.07. The van der Waals surface area contributed by atoms with Crippen LogP contribution in [0.5, 0.6) is 11.5 Å². The van der Waals surface area contributed by atoms with Crippen LogP contribution in [0.4, 0.5) is 0 Å². The van der Waals surface area contributed by atoms with E-state index in [9.17, 15) is 0 Å². The van der Waals surface area contributed by atoms with E-state index in [1.165, 1.54) is 0 Å². The maximum Gasteiger partial charge on any atom is 0.164 e. The molecule has 7 rings (SSSR count). The summed E-state index contributed by atoms with van der Waals surface area (Å²) >= 11 is 0. The molecule has 1 aliphatic rings. The average Bonchev–Trinajstić information content (AvgIpc) is 3.02. The second-order valence-electron chi connectivity index (χ2n) is 9.82. The molecule has 0 amide bonds. The number of hydrogen-bond donors (Lipinski definition) is 0. The average molecular weight is 516 g/mol. The van der Waals surface area contributed by atoms with Gasteiger partial charge in [0.05, 0.1) is 0 Å². The third kappa shape index (κ3) is 4.16. The number of hydrogen-bond acceptors (Lipinski definition) is 4. The van der Waals surface area contributed by atoms with Gasteiger partial charge in [0.25, 0.3) is 0 Å². The summed E-state index contributed by atoms with van der Waals surface area (Å²) in [4.78, 5) is 14.7. The van der Waals surface area contributed by atoms with E-state index in [2.05, 4.69) is 43.8 Å². The van der Waals surface area contributed by atoms with Crippen LogP contribution in [0.1, 0.15) is 16.7 Å². The summed E-state index contributed by atoms with van der Waals surface area (Å²) in [5, 5.41) is 0. The quantitative estimate of drug-likeness (QED) is 0.235. The van der Waals surface area contributed by atoms with Gasteiger partial charge in [-0.05, 0) is 47.4 Å². The van der Waals surface area contributed by atoms with E-state index in [1.54, 1.807) is 0 Å². The van der Waals surface area contributed by atoms with Crippen molar-refractivity contribution in [2.24, 2.45) is 0 Å². The van der Waals surface area contributed by atoms with Crippen LogP contribution >= 0.6 is 0 Å². The van der Waals surface area contributed by atoms with Crippen LogP contribution in [0.25, 0.3) is 50.9 Å². The van der Waals surface area contributed by atoms with Gasteiger partial charge < -0.3 is 4.74 Å².